The molecular weight excluding hydrogens is 225 g/mol. The second kappa shape index (κ2) is 6.02. The van der Waals surface area contributed by atoms with Crippen LogP contribution in [0.3, 0.4) is 0 Å². The van der Waals surface area contributed by atoms with Crippen LogP contribution in [0.5, 0.6) is 0 Å². The van der Waals surface area contributed by atoms with Crippen LogP contribution in [0.4, 0.5) is 4.39 Å². The summed E-state index contributed by atoms with van der Waals surface area (Å²) in [6, 6.07) is -1.10. The number of likely N-dealkylation sites (N-methyl/N-ethyl adjacent to an activating group) is 1. The Morgan fingerprint density at radius 1 is 1.47 bits per heavy atom. The molecule has 15 heavy (non-hydrogen) atoms. The van der Waals surface area contributed by atoms with E-state index in [4.69, 9.17) is 5.11 Å². The summed E-state index contributed by atoms with van der Waals surface area (Å²) in [5, 5.41) is 8.62. The molecule has 1 unspecified atom stereocenters. The number of rotatable bonds is 7. The Morgan fingerprint density at radius 2 is 2.00 bits per heavy atom. The molecule has 0 saturated heterocycles. The van der Waals surface area contributed by atoms with Crippen molar-refractivity contribution in [3.05, 3.63) is 0 Å². The standard InChI is InChI=1S/C8H16FNO4S/c1-7(8(11)12)10(2)15(13,14)6-4-3-5-9/h7H,3-6H2,1-2H3,(H,11,12). The Morgan fingerprint density at radius 3 is 2.40 bits per heavy atom. The minimum Gasteiger partial charge on any atom is -0.480 e. The molecule has 1 N–H and O–H groups in total. The summed E-state index contributed by atoms with van der Waals surface area (Å²) >= 11 is 0. The van der Waals surface area contributed by atoms with Gasteiger partial charge in [-0.3, -0.25) is 9.18 Å². The number of hydrogen-bond donors (Lipinski definition) is 1. The van der Waals surface area contributed by atoms with Gasteiger partial charge >= 0.3 is 5.97 Å². The molecule has 0 saturated carbocycles. The summed E-state index contributed by atoms with van der Waals surface area (Å²) in [5.74, 6) is -1.42. The van der Waals surface area contributed by atoms with E-state index in [0.29, 0.717) is 0 Å². The van der Waals surface area contributed by atoms with Crippen molar-refractivity contribution < 1.29 is 22.7 Å². The molecular formula is C8H16FNO4S. The lowest BCUT2D eigenvalue weighted by Crippen LogP contribution is -2.41. The topological polar surface area (TPSA) is 74.7 Å². The van der Waals surface area contributed by atoms with E-state index in [0.717, 1.165) is 4.31 Å². The lowest BCUT2D eigenvalue weighted by atomic mass is 10.4. The fourth-order valence-electron chi connectivity index (χ4n) is 0.919. The van der Waals surface area contributed by atoms with Crippen molar-refractivity contribution in [2.24, 2.45) is 0 Å². The van der Waals surface area contributed by atoms with Gasteiger partial charge in [0.1, 0.15) is 6.04 Å². The molecule has 0 aromatic carbocycles. The smallest absolute Gasteiger partial charge is 0.321 e. The molecule has 0 spiro atoms. The zero-order chi connectivity index (χ0) is 12.1. The van der Waals surface area contributed by atoms with Crippen LogP contribution in [0, 0.1) is 0 Å². The molecule has 0 rings (SSSR count). The Balaban J connectivity index is 4.39. The van der Waals surface area contributed by atoms with E-state index in [1.54, 1.807) is 0 Å². The van der Waals surface area contributed by atoms with E-state index in [9.17, 15) is 17.6 Å². The van der Waals surface area contributed by atoms with Gasteiger partial charge in [0, 0.05) is 7.05 Å². The molecule has 0 aromatic heterocycles. The normalized spacial score (nSPS) is 14.1. The van der Waals surface area contributed by atoms with Gasteiger partial charge in [-0.05, 0) is 19.8 Å². The van der Waals surface area contributed by atoms with E-state index < -0.39 is 28.7 Å². The van der Waals surface area contributed by atoms with Crippen molar-refractivity contribution in [1.82, 2.24) is 4.31 Å². The predicted molar refractivity (Wildman–Crippen MR) is 53.9 cm³/mol. The highest BCUT2D eigenvalue weighted by Crippen LogP contribution is 2.07. The molecule has 5 nitrogen and oxygen atoms in total. The van der Waals surface area contributed by atoms with Crippen molar-refractivity contribution >= 4 is 16.0 Å². The summed E-state index contributed by atoms with van der Waals surface area (Å²) in [6.07, 6.45) is 0.379. The number of carbonyl (C=O) groups is 1. The third-order valence-electron chi connectivity index (χ3n) is 2.13. The van der Waals surface area contributed by atoms with Gasteiger partial charge in [0.25, 0.3) is 0 Å². The van der Waals surface area contributed by atoms with Crippen molar-refractivity contribution in [2.75, 3.05) is 19.5 Å². The summed E-state index contributed by atoms with van der Waals surface area (Å²) in [7, 11) is -2.38. The molecule has 0 aliphatic rings. The minimum absolute atomic E-state index is 0.175. The van der Waals surface area contributed by atoms with Gasteiger partial charge in [-0.2, -0.15) is 4.31 Å². The Kier molecular flexibility index (Phi) is 5.74. The first kappa shape index (κ1) is 14.3. The van der Waals surface area contributed by atoms with Crippen LogP contribution >= 0.6 is 0 Å². The molecule has 0 bridgehead atoms. The lowest BCUT2D eigenvalue weighted by molar-refractivity contribution is -0.140. The number of carboxylic acid groups (broad SMARTS) is 1. The third kappa shape index (κ3) is 4.57. The molecule has 0 radical (unpaired) electrons. The van der Waals surface area contributed by atoms with Gasteiger partial charge in [-0.15, -0.1) is 0 Å². The van der Waals surface area contributed by atoms with Crippen LogP contribution in [-0.2, 0) is 14.8 Å². The number of aliphatic carboxylic acids is 1. The van der Waals surface area contributed by atoms with Crippen LogP contribution in [0.15, 0.2) is 0 Å². The van der Waals surface area contributed by atoms with Crippen molar-refractivity contribution in [3.63, 3.8) is 0 Å². The van der Waals surface area contributed by atoms with Gasteiger partial charge < -0.3 is 5.11 Å². The van der Waals surface area contributed by atoms with Gasteiger partial charge in [0.2, 0.25) is 10.0 Å². The van der Waals surface area contributed by atoms with Gasteiger partial charge in [-0.25, -0.2) is 8.42 Å². The van der Waals surface area contributed by atoms with Crippen LogP contribution in [0.1, 0.15) is 19.8 Å². The number of alkyl halides is 1. The lowest BCUT2D eigenvalue weighted by Gasteiger charge is -2.20. The first-order valence-corrected chi connectivity index (χ1v) is 6.18. The fourth-order valence-corrected chi connectivity index (χ4v) is 2.35. The van der Waals surface area contributed by atoms with E-state index in [-0.39, 0.29) is 18.6 Å². The Hall–Kier alpha value is -0.690. The van der Waals surface area contributed by atoms with Crippen LogP contribution in [-0.4, -0.2) is 49.3 Å². The summed E-state index contributed by atoms with van der Waals surface area (Å²) in [6.45, 7) is 0.725. The second-order valence-corrected chi connectivity index (χ2v) is 5.39. The van der Waals surface area contributed by atoms with E-state index in [2.05, 4.69) is 0 Å². The average molecular weight is 241 g/mol. The highest BCUT2D eigenvalue weighted by Gasteiger charge is 2.27. The van der Waals surface area contributed by atoms with Crippen LogP contribution < -0.4 is 0 Å². The minimum atomic E-state index is -3.59. The zero-order valence-corrected chi connectivity index (χ0v) is 9.63. The third-order valence-corrected chi connectivity index (χ3v) is 4.13. The maximum absolute atomic E-state index is 11.8. The SMILES string of the molecule is CC(C(=O)O)N(C)S(=O)(=O)CCCCF. The molecule has 0 aromatic rings. The van der Waals surface area contributed by atoms with E-state index in [1.807, 2.05) is 0 Å². The maximum Gasteiger partial charge on any atom is 0.321 e. The molecule has 0 fully saturated rings. The summed E-state index contributed by atoms with van der Waals surface area (Å²) in [4.78, 5) is 10.6. The van der Waals surface area contributed by atoms with Crippen LogP contribution in [0.25, 0.3) is 0 Å². The molecule has 1 atom stereocenters. The highest BCUT2D eigenvalue weighted by atomic mass is 32.2. The first-order chi connectivity index (χ1) is 6.83. The number of unbranched alkanes of at least 4 members (excludes halogenated alkanes) is 1. The average Bonchev–Trinajstić information content (AvgIpc) is 2.15. The first-order valence-electron chi connectivity index (χ1n) is 4.57. The Bertz CT molecular complexity index is 304. The number of nitrogens with zero attached hydrogens (tertiary/aromatic N) is 1. The largest absolute Gasteiger partial charge is 0.480 e. The van der Waals surface area contributed by atoms with Crippen LogP contribution in [0.2, 0.25) is 0 Å². The fraction of sp³-hybridized carbons (Fsp3) is 0.875. The van der Waals surface area contributed by atoms with Crippen molar-refractivity contribution in [2.45, 2.75) is 25.8 Å². The zero-order valence-electron chi connectivity index (χ0n) is 8.81. The Labute approximate surface area is 88.9 Å². The second-order valence-electron chi connectivity index (χ2n) is 3.24. The van der Waals surface area contributed by atoms with Gasteiger partial charge in [0.05, 0.1) is 12.4 Å². The van der Waals surface area contributed by atoms with E-state index >= 15 is 0 Å². The van der Waals surface area contributed by atoms with E-state index in [1.165, 1.54) is 14.0 Å². The molecule has 0 aliphatic carbocycles. The number of halogens is 1. The molecule has 0 heterocycles. The van der Waals surface area contributed by atoms with Crippen molar-refractivity contribution in [1.29, 1.82) is 0 Å². The summed E-state index contributed by atoms with van der Waals surface area (Å²) < 4.78 is 35.5. The van der Waals surface area contributed by atoms with Gasteiger partial charge in [0.15, 0.2) is 0 Å². The number of hydrogen-bond acceptors (Lipinski definition) is 3. The quantitative estimate of drug-likeness (QED) is 0.657. The monoisotopic (exact) mass is 241 g/mol. The highest BCUT2D eigenvalue weighted by molar-refractivity contribution is 7.89. The van der Waals surface area contributed by atoms with Crippen molar-refractivity contribution in [3.8, 4) is 0 Å². The maximum atomic E-state index is 11.8. The molecule has 90 valence electrons. The molecule has 0 aliphatic heterocycles. The number of carboxylic acids is 1. The number of sulfonamides is 1. The van der Waals surface area contributed by atoms with Gasteiger partial charge in [-0.1, -0.05) is 0 Å². The molecule has 7 heteroatoms. The summed E-state index contributed by atoms with van der Waals surface area (Å²) in [5.41, 5.74) is 0. The molecule has 0 amide bonds. The predicted octanol–water partition coefficient (Wildman–Crippen LogP) is 0.471.